The highest BCUT2D eigenvalue weighted by Gasteiger charge is 2.12. The first-order chi connectivity index (χ1) is 18.6. The minimum absolute atomic E-state index is 0.232. The standard InChI is InChI=1S/C30H18O8/c31-13-3-5-19-17-35-25-11-9-21(15-23(25)29(19)33)37-27-7-1-2-8-28(27)38-22-10-12-26-24(16-22)30(34)20(18-36-26)6-4-14-32/h1-18H/b5-3+,6-4+. The molecule has 5 rings (SSSR count). The highest BCUT2D eigenvalue weighted by Crippen LogP contribution is 2.36. The van der Waals surface area contributed by atoms with Crippen molar-refractivity contribution in [3.63, 3.8) is 0 Å². The lowest BCUT2D eigenvalue weighted by Crippen LogP contribution is -2.05. The molecule has 0 aliphatic rings. The maximum absolute atomic E-state index is 12.8. The summed E-state index contributed by atoms with van der Waals surface area (Å²) in [6, 6.07) is 16.5. The molecule has 8 nitrogen and oxygen atoms in total. The van der Waals surface area contributed by atoms with Gasteiger partial charge in [0.15, 0.2) is 22.4 Å². The number of hydrogen-bond acceptors (Lipinski definition) is 8. The first-order valence-electron chi connectivity index (χ1n) is 11.4. The van der Waals surface area contributed by atoms with Gasteiger partial charge in [0, 0.05) is 0 Å². The number of ether oxygens (including phenoxy) is 2. The van der Waals surface area contributed by atoms with Gasteiger partial charge in [0.2, 0.25) is 0 Å². The van der Waals surface area contributed by atoms with Crippen molar-refractivity contribution >= 4 is 46.7 Å². The molecule has 8 heteroatoms. The average molecular weight is 506 g/mol. The number of carbonyl (C=O) groups excluding carboxylic acids is 2. The summed E-state index contributed by atoms with van der Waals surface area (Å²) in [5.74, 6) is 1.46. The summed E-state index contributed by atoms with van der Waals surface area (Å²) < 4.78 is 23.1. The molecule has 2 heterocycles. The van der Waals surface area contributed by atoms with Crippen LogP contribution in [0.5, 0.6) is 23.0 Å². The Morgan fingerprint density at radius 2 is 1.05 bits per heavy atom. The van der Waals surface area contributed by atoms with Crippen LogP contribution in [0.2, 0.25) is 0 Å². The molecule has 0 atom stereocenters. The zero-order valence-electron chi connectivity index (χ0n) is 19.7. The van der Waals surface area contributed by atoms with Crippen molar-refractivity contribution in [2.45, 2.75) is 0 Å². The molecular weight excluding hydrogens is 488 g/mol. The van der Waals surface area contributed by atoms with Gasteiger partial charge in [-0.3, -0.25) is 19.2 Å². The maximum atomic E-state index is 12.8. The van der Waals surface area contributed by atoms with Crippen molar-refractivity contribution < 1.29 is 27.9 Å². The van der Waals surface area contributed by atoms with Gasteiger partial charge in [0.05, 0.1) is 21.9 Å². The van der Waals surface area contributed by atoms with E-state index in [4.69, 9.17) is 18.3 Å². The van der Waals surface area contributed by atoms with Gasteiger partial charge in [0.25, 0.3) is 0 Å². The summed E-state index contributed by atoms with van der Waals surface area (Å²) in [6.45, 7) is 0. The van der Waals surface area contributed by atoms with E-state index in [0.29, 0.717) is 46.7 Å². The fourth-order valence-electron chi connectivity index (χ4n) is 3.77. The Morgan fingerprint density at radius 1 is 0.605 bits per heavy atom. The summed E-state index contributed by atoms with van der Waals surface area (Å²) in [5.41, 5.74) is 0.584. The Balaban J connectivity index is 1.47. The van der Waals surface area contributed by atoms with Crippen molar-refractivity contribution in [1.82, 2.24) is 0 Å². The van der Waals surface area contributed by atoms with E-state index in [0.717, 1.165) is 0 Å². The number of aldehydes is 2. The summed E-state index contributed by atoms with van der Waals surface area (Å²) >= 11 is 0. The van der Waals surface area contributed by atoms with Crippen LogP contribution in [0.25, 0.3) is 34.1 Å². The Labute approximate surface area is 214 Å². The molecule has 0 amide bonds. The van der Waals surface area contributed by atoms with Gasteiger partial charge in [-0.05, 0) is 72.8 Å². The van der Waals surface area contributed by atoms with Crippen LogP contribution in [-0.2, 0) is 9.59 Å². The van der Waals surface area contributed by atoms with E-state index in [1.54, 1.807) is 60.7 Å². The van der Waals surface area contributed by atoms with Gasteiger partial charge < -0.3 is 18.3 Å². The monoisotopic (exact) mass is 506 g/mol. The molecule has 0 fully saturated rings. The highest BCUT2D eigenvalue weighted by molar-refractivity contribution is 5.83. The SMILES string of the molecule is O=C/C=C/c1coc2ccc(Oc3ccccc3Oc3ccc4occ(/C=C/C=O)c(=O)c4c3)cc2c1=O. The number of carbonyl (C=O) groups is 2. The maximum Gasteiger partial charge on any atom is 0.200 e. The van der Waals surface area contributed by atoms with Crippen LogP contribution in [0.3, 0.4) is 0 Å². The van der Waals surface area contributed by atoms with Crippen molar-refractivity contribution in [2.24, 2.45) is 0 Å². The first kappa shape index (κ1) is 24.2. The summed E-state index contributed by atoms with van der Waals surface area (Å²) in [5, 5.41) is 0.573. The topological polar surface area (TPSA) is 113 Å². The molecule has 0 bridgehead atoms. The second-order valence-corrected chi connectivity index (χ2v) is 8.00. The van der Waals surface area contributed by atoms with E-state index in [-0.39, 0.29) is 32.8 Å². The minimum Gasteiger partial charge on any atom is -0.463 e. The van der Waals surface area contributed by atoms with E-state index < -0.39 is 0 Å². The van der Waals surface area contributed by atoms with E-state index in [1.165, 1.54) is 36.8 Å². The number of allylic oxidation sites excluding steroid dienone is 2. The second kappa shape index (κ2) is 10.6. The molecule has 0 N–H and O–H groups in total. The smallest absolute Gasteiger partial charge is 0.200 e. The molecule has 0 radical (unpaired) electrons. The lowest BCUT2D eigenvalue weighted by atomic mass is 10.1. The molecule has 0 saturated heterocycles. The number of benzene rings is 3. The van der Waals surface area contributed by atoms with Gasteiger partial charge >= 0.3 is 0 Å². The summed E-state index contributed by atoms with van der Waals surface area (Å²) in [7, 11) is 0. The molecule has 0 aliphatic carbocycles. The molecule has 0 aliphatic heterocycles. The molecule has 0 unspecified atom stereocenters. The lowest BCUT2D eigenvalue weighted by Gasteiger charge is -2.13. The number of hydrogen-bond donors (Lipinski definition) is 0. The normalized spacial score (nSPS) is 11.4. The predicted octanol–water partition coefficient (Wildman–Crippen LogP) is 5.91. The predicted molar refractivity (Wildman–Crippen MR) is 142 cm³/mol. The van der Waals surface area contributed by atoms with Crippen LogP contribution in [0.1, 0.15) is 11.1 Å². The minimum atomic E-state index is -0.309. The number of rotatable bonds is 8. The van der Waals surface area contributed by atoms with E-state index in [9.17, 15) is 19.2 Å². The lowest BCUT2D eigenvalue weighted by molar-refractivity contribution is -0.104. The van der Waals surface area contributed by atoms with Crippen LogP contribution in [0.4, 0.5) is 0 Å². The molecule has 5 aromatic rings. The Kier molecular flexibility index (Phi) is 6.77. The molecule has 3 aromatic carbocycles. The van der Waals surface area contributed by atoms with Gasteiger partial charge in [-0.25, -0.2) is 0 Å². The number of para-hydroxylation sites is 2. The van der Waals surface area contributed by atoms with Gasteiger partial charge in [-0.15, -0.1) is 0 Å². The Bertz CT molecular complexity index is 1720. The van der Waals surface area contributed by atoms with Gasteiger partial charge in [-0.1, -0.05) is 12.1 Å². The molecule has 38 heavy (non-hydrogen) atoms. The Morgan fingerprint density at radius 3 is 1.47 bits per heavy atom. The van der Waals surface area contributed by atoms with E-state index in [1.807, 2.05) is 0 Å². The first-order valence-corrected chi connectivity index (χ1v) is 11.4. The fraction of sp³-hybridized carbons (Fsp3) is 0. The summed E-state index contributed by atoms with van der Waals surface area (Å²) in [6.07, 6.45) is 8.91. The Hall–Kier alpha value is -5.50. The largest absolute Gasteiger partial charge is 0.463 e. The van der Waals surface area contributed by atoms with Crippen molar-refractivity contribution in [3.8, 4) is 23.0 Å². The second-order valence-electron chi connectivity index (χ2n) is 8.00. The van der Waals surface area contributed by atoms with Crippen LogP contribution in [0, 0.1) is 0 Å². The highest BCUT2D eigenvalue weighted by atomic mass is 16.5. The molecule has 0 spiro atoms. The average Bonchev–Trinajstić information content (AvgIpc) is 2.94. The van der Waals surface area contributed by atoms with Gasteiger partial charge in [-0.2, -0.15) is 0 Å². The third-order valence-corrected chi connectivity index (χ3v) is 5.55. The van der Waals surface area contributed by atoms with Crippen LogP contribution in [-0.4, -0.2) is 12.6 Å². The third-order valence-electron chi connectivity index (χ3n) is 5.55. The van der Waals surface area contributed by atoms with Crippen LogP contribution in [0.15, 0.2) is 104 Å². The van der Waals surface area contributed by atoms with Crippen molar-refractivity contribution in [3.05, 3.63) is 117 Å². The van der Waals surface area contributed by atoms with Crippen molar-refractivity contribution in [1.29, 1.82) is 0 Å². The molecule has 2 aromatic heterocycles. The van der Waals surface area contributed by atoms with Crippen LogP contribution < -0.4 is 20.3 Å². The fourth-order valence-corrected chi connectivity index (χ4v) is 3.77. The third kappa shape index (κ3) is 4.91. The molecular formula is C30H18O8. The quantitative estimate of drug-likeness (QED) is 0.189. The van der Waals surface area contributed by atoms with E-state index in [2.05, 4.69) is 0 Å². The van der Waals surface area contributed by atoms with Gasteiger partial charge in [0.1, 0.15) is 47.8 Å². The molecule has 186 valence electrons. The summed E-state index contributed by atoms with van der Waals surface area (Å²) in [4.78, 5) is 46.8. The number of fused-ring (bicyclic) bond motifs is 2. The zero-order valence-corrected chi connectivity index (χ0v) is 19.7. The van der Waals surface area contributed by atoms with Crippen LogP contribution >= 0.6 is 0 Å². The zero-order chi connectivity index (χ0) is 26.5. The van der Waals surface area contributed by atoms with Crippen molar-refractivity contribution in [2.75, 3.05) is 0 Å². The van der Waals surface area contributed by atoms with E-state index >= 15 is 0 Å². The molecule has 0 saturated carbocycles.